The molecule has 1 aliphatic heterocycles. The number of nitrogens with one attached hydrogen (secondary N) is 4. The fourth-order valence-corrected chi connectivity index (χ4v) is 5.65. The molecule has 1 aromatic carbocycles. The minimum atomic E-state index is 0.672. The summed E-state index contributed by atoms with van der Waals surface area (Å²) >= 11 is 0. The maximum absolute atomic E-state index is 4.71. The van der Waals surface area contributed by atoms with Crippen molar-refractivity contribution in [2.45, 2.75) is 19.3 Å². The van der Waals surface area contributed by atoms with Crippen molar-refractivity contribution < 1.29 is 0 Å². The summed E-state index contributed by atoms with van der Waals surface area (Å²) < 4.78 is 0. The summed E-state index contributed by atoms with van der Waals surface area (Å²) in [6.07, 6.45) is 10.7. The van der Waals surface area contributed by atoms with E-state index in [0.29, 0.717) is 5.92 Å². The fourth-order valence-electron chi connectivity index (χ4n) is 5.65. The molecule has 8 heteroatoms. The van der Waals surface area contributed by atoms with Crippen LogP contribution in [0.15, 0.2) is 91.7 Å². The van der Waals surface area contributed by atoms with Crippen molar-refractivity contribution >= 4 is 27.5 Å². The van der Waals surface area contributed by atoms with Crippen LogP contribution in [0, 0.1) is 5.92 Å². The van der Waals surface area contributed by atoms with Crippen molar-refractivity contribution in [3.8, 4) is 33.9 Å². The van der Waals surface area contributed by atoms with Crippen LogP contribution in [0.5, 0.6) is 0 Å². The third-order valence-corrected chi connectivity index (χ3v) is 7.66. The van der Waals surface area contributed by atoms with Gasteiger partial charge in [-0.15, -0.1) is 0 Å². The number of benzene rings is 1. The van der Waals surface area contributed by atoms with Gasteiger partial charge in [0.25, 0.3) is 0 Å². The zero-order chi connectivity index (χ0) is 26.9. The second-order valence-electron chi connectivity index (χ2n) is 10.4. The number of H-pyrrole nitrogens is 2. The lowest BCUT2D eigenvalue weighted by Gasteiger charge is -2.23. The number of aromatic nitrogens is 6. The lowest BCUT2D eigenvalue weighted by molar-refractivity contribution is 0.373. The van der Waals surface area contributed by atoms with Gasteiger partial charge in [-0.25, -0.2) is 0 Å². The van der Waals surface area contributed by atoms with Gasteiger partial charge in [0.05, 0.1) is 40.7 Å². The molecule has 198 valence electrons. The molecule has 0 aliphatic carbocycles. The summed E-state index contributed by atoms with van der Waals surface area (Å²) in [5.41, 5.74) is 9.43. The van der Waals surface area contributed by atoms with E-state index in [-0.39, 0.29) is 0 Å². The van der Waals surface area contributed by atoms with E-state index in [2.05, 4.69) is 72.7 Å². The Labute approximate surface area is 232 Å². The zero-order valence-electron chi connectivity index (χ0n) is 22.1. The number of allylic oxidation sites excluding steroid dienone is 1. The summed E-state index contributed by atoms with van der Waals surface area (Å²) in [4.78, 5) is 17.3. The third-order valence-electron chi connectivity index (χ3n) is 7.66. The molecule has 6 aromatic rings. The summed E-state index contributed by atoms with van der Waals surface area (Å²) in [5, 5.41) is 16.8. The van der Waals surface area contributed by atoms with Crippen LogP contribution in [0.1, 0.15) is 19.3 Å². The van der Waals surface area contributed by atoms with Gasteiger partial charge in [0, 0.05) is 45.5 Å². The smallest absolute Gasteiger partial charge is 0.116 e. The molecule has 0 amide bonds. The van der Waals surface area contributed by atoms with Crippen molar-refractivity contribution in [3.05, 3.63) is 91.7 Å². The summed E-state index contributed by atoms with van der Waals surface area (Å²) in [6, 6.07) is 18.5. The molecule has 0 atom stereocenters. The largest absolute Gasteiger partial charge is 0.358 e. The molecule has 0 spiro atoms. The number of hydrogen-bond donors (Lipinski definition) is 4. The maximum Gasteiger partial charge on any atom is 0.116 e. The predicted molar refractivity (Wildman–Crippen MR) is 161 cm³/mol. The second kappa shape index (κ2) is 10.4. The Morgan fingerprint density at radius 3 is 2.70 bits per heavy atom. The van der Waals surface area contributed by atoms with Gasteiger partial charge in [0.2, 0.25) is 0 Å². The fraction of sp³-hybridized carbons (Fsp3) is 0.188. The van der Waals surface area contributed by atoms with Gasteiger partial charge in [-0.3, -0.25) is 20.1 Å². The molecule has 1 aliphatic rings. The molecular weight excluding hydrogens is 496 g/mol. The normalized spacial score (nSPS) is 14.1. The molecule has 1 saturated heterocycles. The minimum Gasteiger partial charge on any atom is -0.358 e. The zero-order valence-corrected chi connectivity index (χ0v) is 22.1. The van der Waals surface area contributed by atoms with E-state index < -0.39 is 0 Å². The third kappa shape index (κ3) is 4.74. The maximum atomic E-state index is 4.71. The van der Waals surface area contributed by atoms with Gasteiger partial charge < -0.3 is 15.6 Å². The number of piperidine rings is 1. The Balaban J connectivity index is 1.19. The molecule has 0 unspecified atom stereocenters. The van der Waals surface area contributed by atoms with Crippen molar-refractivity contribution in [2.75, 3.05) is 18.4 Å². The van der Waals surface area contributed by atoms with Crippen LogP contribution in [-0.4, -0.2) is 43.2 Å². The Morgan fingerprint density at radius 1 is 0.900 bits per heavy atom. The molecule has 0 saturated carbocycles. The predicted octanol–water partition coefficient (Wildman–Crippen LogP) is 6.55. The second-order valence-corrected chi connectivity index (χ2v) is 10.4. The van der Waals surface area contributed by atoms with Crippen LogP contribution in [0.2, 0.25) is 0 Å². The van der Waals surface area contributed by atoms with E-state index in [4.69, 9.17) is 4.98 Å². The van der Waals surface area contributed by atoms with Gasteiger partial charge >= 0.3 is 0 Å². The number of rotatable bonds is 7. The molecule has 8 nitrogen and oxygen atoms in total. The van der Waals surface area contributed by atoms with Crippen molar-refractivity contribution in [1.29, 1.82) is 0 Å². The quantitative estimate of drug-likeness (QED) is 0.188. The van der Waals surface area contributed by atoms with Crippen LogP contribution in [0.3, 0.4) is 0 Å². The molecule has 0 bridgehead atoms. The number of pyridine rings is 3. The van der Waals surface area contributed by atoms with Crippen LogP contribution in [0.25, 0.3) is 55.7 Å². The molecule has 1 fully saturated rings. The van der Waals surface area contributed by atoms with E-state index >= 15 is 0 Å². The van der Waals surface area contributed by atoms with Gasteiger partial charge in [0.15, 0.2) is 0 Å². The first-order chi connectivity index (χ1) is 19.7. The summed E-state index contributed by atoms with van der Waals surface area (Å²) in [6.45, 7) is 6.45. The average Bonchev–Trinajstić information content (AvgIpc) is 3.62. The average molecular weight is 527 g/mol. The Morgan fingerprint density at radius 2 is 1.82 bits per heavy atom. The van der Waals surface area contributed by atoms with Crippen molar-refractivity contribution in [2.24, 2.45) is 5.92 Å². The number of anilines is 1. The van der Waals surface area contributed by atoms with Crippen LogP contribution < -0.4 is 10.6 Å². The topological polar surface area (TPSA) is 107 Å². The molecule has 0 radical (unpaired) electrons. The van der Waals surface area contributed by atoms with E-state index in [0.717, 1.165) is 86.6 Å². The molecule has 6 heterocycles. The lowest BCUT2D eigenvalue weighted by atomic mass is 9.93. The van der Waals surface area contributed by atoms with E-state index in [1.807, 2.05) is 49.1 Å². The molecule has 5 aromatic heterocycles. The van der Waals surface area contributed by atoms with Crippen molar-refractivity contribution in [1.82, 2.24) is 35.5 Å². The number of aromatic amines is 2. The van der Waals surface area contributed by atoms with Gasteiger partial charge in [-0.05, 0) is 74.7 Å². The van der Waals surface area contributed by atoms with E-state index in [1.54, 1.807) is 0 Å². The van der Waals surface area contributed by atoms with Gasteiger partial charge in [0.1, 0.15) is 5.69 Å². The van der Waals surface area contributed by atoms with Crippen molar-refractivity contribution in [3.63, 3.8) is 0 Å². The monoisotopic (exact) mass is 526 g/mol. The summed E-state index contributed by atoms with van der Waals surface area (Å²) in [7, 11) is 0. The lowest BCUT2D eigenvalue weighted by Crippen LogP contribution is -2.28. The first kappa shape index (κ1) is 24.2. The summed E-state index contributed by atoms with van der Waals surface area (Å²) in [5.74, 6) is 0.672. The van der Waals surface area contributed by atoms with E-state index in [9.17, 15) is 0 Å². The molecule has 40 heavy (non-hydrogen) atoms. The first-order valence-corrected chi connectivity index (χ1v) is 13.7. The highest BCUT2D eigenvalue weighted by atomic mass is 15.1. The first-order valence-electron chi connectivity index (χ1n) is 13.7. The van der Waals surface area contributed by atoms with Gasteiger partial charge in [-0.1, -0.05) is 24.8 Å². The van der Waals surface area contributed by atoms with E-state index in [1.165, 1.54) is 12.8 Å². The number of hydrogen-bond acceptors (Lipinski definition) is 6. The SMILES string of the molecule is C=C(CC1CCNCC1)Nc1cncc(-c2cc3c(-c4cc5c(-c6ccccn6)cccc5[nH]4)n[nH]c3cn2)c1. The van der Waals surface area contributed by atoms with Gasteiger partial charge in [-0.2, -0.15) is 5.10 Å². The molecule has 7 rings (SSSR count). The number of nitrogens with zero attached hydrogens (tertiary/aromatic N) is 4. The number of fused-ring (bicyclic) bond motifs is 2. The molecule has 4 N–H and O–H groups in total. The van der Waals surface area contributed by atoms with Crippen LogP contribution in [-0.2, 0) is 0 Å². The highest BCUT2D eigenvalue weighted by molar-refractivity contribution is 6.01. The minimum absolute atomic E-state index is 0.672. The van der Waals surface area contributed by atoms with Crippen LogP contribution in [0.4, 0.5) is 5.69 Å². The highest BCUT2D eigenvalue weighted by Gasteiger charge is 2.16. The molecular formula is C32H30N8. The standard InChI is InChI=1S/C32H30N8/c1-20(13-21-8-11-33-12-9-21)37-23-14-22(17-34-18-23)29-16-26-31(19-36-29)39-40-32(26)30-15-25-24(5-4-7-28(25)38-30)27-6-2-3-10-35-27/h2-7,10,14-19,21,33,37-38H,1,8-9,11-13H2,(H,39,40). The Hall–Kier alpha value is -4.82. The Bertz CT molecular complexity index is 1810. The Kier molecular flexibility index (Phi) is 6.30. The van der Waals surface area contributed by atoms with Crippen LogP contribution >= 0.6 is 0 Å². The highest BCUT2D eigenvalue weighted by Crippen LogP contribution is 2.34.